The molecule has 3 N–H and O–H groups in total. The minimum absolute atomic E-state index is 0.231. The molecular weight excluding hydrogens is 182 g/mol. The highest BCUT2D eigenvalue weighted by Gasteiger charge is 2.03. The SMILES string of the molecule is NC(=O)NC(=O)CCc1cccnc1. The Labute approximate surface area is 81.3 Å². The average molecular weight is 193 g/mol. The average Bonchev–Trinajstić information content (AvgIpc) is 2.15. The Hall–Kier alpha value is -1.91. The predicted molar refractivity (Wildman–Crippen MR) is 50.3 cm³/mol. The fraction of sp³-hybridized carbons (Fsp3) is 0.222. The van der Waals surface area contributed by atoms with Crippen LogP contribution in [0.2, 0.25) is 0 Å². The number of urea groups is 1. The van der Waals surface area contributed by atoms with Gasteiger partial charge in [-0.25, -0.2) is 4.79 Å². The summed E-state index contributed by atoms with van der Waals surface area (Å²) in [5, 5.41) is 1.99. The molecular formula is C9H11N3O2. The Morgan fingerprint density at radius 1 is 1.50 bits per heavy atom. The topological polar surface area (TPSA) is 85.1 Å². The highest BCUT2D eigenvalue weighted by molar-refractivity contribution is 5.93. The number of aryl methyl sites for hydroxylation is 1. The lowest BCUT2D eigenvalue weighted by Gasteiger charge is -2.00. The standard InChI is InChI=1S/C9H11N3O2/c10-9(14)12-8(13)4-3-7-2-1-5-11-6-7/h1-2,5-6H,3-4H2,(H3,10,12,13,14). The van der Waals surface area contributed by atoms with E-state index in [-0.39, 0.29) is 12.3 Å². The van der Waals surface area contributed by atoms with Crippen LogP contribution in [0.25, 0.3) is 0 Å². The van der Waals surface area contributed by atoms with Crippen molar-refractivity contribution in [3.8, 4) is 0 Å². The zero-order valence-corrected chi connectivity index (χ0v) is 7.56. The number of imide groups is 1. The van der Waals surface area contributed by atoms with E-state index in [4.69, 9.17) is 5.73 Å². The molecule has 1 rings (SSSR count). The molecule has 0 aliphatic carbocycles. The maximum Gasteiger partial charge on any atom is 0.318 e. The summed E-state index contributed by atoms with van der Waals surface area (Å²) in [6.07, 6.45) is 4.12. The summed E-state index contributed by atoms with van der Waals surface area (Å²) in [5.74, 6) is -0.374. The Bertz CT molecular complexity index is 324. The number of pyridine rings is 1. The first-order valence-electron chi connectivity index (χ1n) is 4.16. The first kappa shape index (κ1) is 10.2. The van der Waals surface area contributed by atoms with Crippen LogP contribution in [0, 0.1) is 0 Å². The molecule has 14 heavy (non-hydrogen) atoms. The third-order valence-corrected chi connectivity index (χ3v) is 1.63. The van der Waals surface area contributed by atoms with Crippen molar-refractivity contribution in [1.29, 1.82) is 0 Å². The van der Waals surface area contributed by atoms with Gasteiger partial charge in [0.1, 0.15) is 0 Å². The quantitative estimate of drug-likeness (QED) is 0.719. The van der Waals surface area contributed by atoms with Crippen molar-refractivity contribution in [3.05, 3.63) is 30.1 Å². The molecule has 3 amide bonds. The van der Waals surface area contributed by atoms with Crippen LogP contribution in [0.5, 0.6) is 0 Å². The lowest BCUT2D eigenvalue weighted by molar-refractivity contribution is -0.119. The van der Waals surface area contributed by atoms with Crippen molar-refractivity contribution in [2.24, 2.45) is 5.73 Å². The Morgan fingerprint density at radius 2 is 2.29 bits per heavy atom. The van der Waals surface area contributed by atoms with Crippen LogP contribution < -0.4 is 11.1 Å². The number of hydrogen-bond donors (Lipinski definition) is 2. The maximum atomic E-state index is 11.0. The van der Waals surface area contributed by atoms with Gasteiger partial charge in [-0.2, -0.15) is 0 Å². The molecule has 0 bridgehead atoms. The number of carbonyl (C=O) groups is 2. The number of rotatable bonds is 3. The third kappa shape index (κ3) is 3.66. The minimum Gasteiger partial charge on any atom is -0.351 e. The minimum atomic E-state index is -0.818. The molecule has 0 saturated carbocycles. The fourth-order valence-corrected chi connectivity index (χ4v) is 1.00. The van der Waals surface area contributed by atoms with Crippen LogP contribution in [-0.2, 0) is 11.2 Å². The molecule has 0 radical (unpaired) electrons. The van der Waals surface area contributed by atoms with Gasteiger partial charge in [-0.1, -0.05) is 6.07 Å². The first-order chi connectivity index (χ1) is 6.68. The van der Waals surface area contributed by atoms with Gasteiger partial charge >= 0.3 is 6.03 Å². The maximum absolute atomic E-state index is 11.0. The van der Waals surface area contributed by atoms with E-state index < -0.39 is 6.03 Å². The summed E-state index contributed by atoms with van der Waals surface area (Å²) in [5.41, 5.74) is 5.73. The summed E-state index contributed by atoms with van der Waals surface area (Å²) in [4.78, 5) is 25.2. The van der Waals surface area contributed by atoms with E-state index in [1.807, 2.05) is 11.4 Å². The van der Waals surface area contributed by atoms with Gasteiger partial charge < -0.3 is 5.73 Å². The molecule has 0 saturated heterocycles. The van der Waals surface area contributed by atoms with E-state index >= 15 is 0 Å². The highest BCUT2D eigenvalue weighted by atomic mass is 16.2. The van der Waals surface area contributed by atoms with E-state index in [0.717, 1.165) is 5.56 Å². The lowest BCUT2D eigenvalue weighted by atomic mass is 10.1. The van der Waals surface area contributed by atoms with Gasteiger partial charge in [0.15, 0.2) is 0 Å². The Morgan fingerprint density at radius 3 is 2.86 bits per heavy atom. The van der Waals surface area contributed by atoms with Gasteiger partial charge in [-0.15, -0.1) is 0 Å². The zero-order valence-electron chi connectivity index (χ0n) is 7.56. The predicted octanol–water partition coefficient (Wildman–Crippen LogP) is 0.209. The Balaban J connectivity index is 2.34. The van der Waals surface area contributed by atoms with Crippen molar-refractivity contribution in [2.75, 3.05) is 0 Å². The van der Waals surface area contributed by atoms with E-state index in [9.17, 15) is 9.59 Å². The molecule has 1 heterocycles. The van der Waals surface area contributed by atoms with Crippen molar-refractivity contribution in [3.63, 3.8) is 0 Å². The van der Waals surface area contributed by atoms with Crippen molar-refractivity contribution >= 4 is 11.9 Å². The molecule has 1 aromatic rings. The molecule has 0 aliphatic heterocycles. The second kappa shape index (κ2) is 4.96. The molecule has 0 atom stereocenters. The number of nitrogens with one attached hydrogen (secondary N) is 1. The van der Waals surface area contributed by atoms with Gasteiger partial charge in [-0.05, 0) is 18.1 Å². The van der Waals surface area contributed by atoms with E-state index in [2.05, 4.69) is 4.98 Å². The van der Waals surface area contributed by atoms with Crippen LogP contribution in [-0.4, -0.2) is 16.9 Å². The van der Waals surface area contributed by atoms with Crippen LogP contribution in [0.3, 0.4) is 0 Å². The van der Waals surface area contributed by atoms with Gasteiger partial charge in [0.2, 0.25) is 5.91 Å². The van der Waals surface area contributed by atoms with Crippen molar-refractivity contribution < 1.29 is 9.59 Å². The highest BCUT2D eigenvalue weighted by Crippen LogP contribution is 1.99. The van der Waals surface area contributed by atoms with Crippen molar-refractivity contribution in [2.45, 2.75) is 12.8 Å². The van der Waals surface area contributed by atoms with Crippen LogP contribution in [0.15, 0.2) is 24.5 Å². The van der Waals surface area contributed by atoms with E-state index in [1.165, 1.54) is 0 Å². The summed E-state index contributed by atoms with van der Waals surface area (Å²) in [7, 11) is 0. The fourth-order valence-electron chi connectivity index (χ4n) is 1.00. The number of nitrogens with zero attached hydrogens (tertiary/aromatic N) is 1. The molecule has 1 aromatic heterocycles. The molecule has 0 spiro atoms. The molecule has 5 nitrogen and oxygen atoms in total. The zero-order chi connectivity index (χ0) is 10.4. The van der Waals surface area contributed by atoms with Crippen LogP contribution in [0.4, 0.5) is 4.79 Å². The number of aromatic nitrogens is 1. The summed E-state index contributed by atoms with van der Waals surface area (Å²) < 4.78 is 0. The lowest BCUT2D eigenvalue weighted by Crippen LogP contribution is -2.35. The van der Waals surface area contributed by atoms with Crippen LogP contribution in [0.1, 0.15) is 12.0 Å². The second-order valence-corrected chi connectivity index (χ2v) is 2.77. The molecule has 0 unspecified atom stereocenters. The van der Waals surface area contributed by atoms with Gasteiger partial charge in [0.05, 0.1) is 0 Å². The van der Waals surface area contributed by atoms with E-state index in [1.54, 1.807) is 18.5 Å². The smallest absolute Gasteiger partial charge is 0.318 e. The van der Waals surface area contributed by atoms with Gasteiger partial charge in [-0.3, -0.25) is 15.1 Å². The third-order valence-electron chi connectivity index (χ3n) is 1.63. The molecule has 74 valence electrons. The first-order valence-corrected chi connectivity index (χ1v) is 4.16. The summed E-state index contributed by atoms with van der Waals surface area (Å²) in [6, 6.07) is 2.84. The molecule has 0 fully saturated rings. The largest absolute Gasteiger partial charge is 0.351 e. The second-order valence-electron chi connectivity index (χ2n) is 2.77. The number of hydrogen-bond acceptors (Lipinski definition) is 3. The van der Waals surface area contributed by atoms with Crippen molar-refractivity contribution in [1.82, 2.24) is 10.3 Å². The monoisotopic (exact) mass is 193 g/mol. The molecule has 5 heteroatoms. The number of nitrogens with two attached hydrogens (primary N) is 1. The van der Waals surface area contributed by atoms with Gasteiger partial charge in [0, 0.05) is 18.8 Å². The molecule has 0 aromatic carbocycles. The summed E-state index contributed by atoms with van der Waals surface area (Å²) in [6.45, 7) is 0. The molecule has 0 aliphatic rings. The number of carbonyl (C=O) groups excluding carboxylic acids is 2. The normalized spacial score (nSPS) is 9.43. The van der Waals surface area contributed by atoms with Gasteiger partial charge in [0.25, 0.3) is 0 Å². The Kier molecular flexibility index (Phi) is 3.60. The van der Waals surface area contributed by atoms with Crippen LogP contribution >= 0.6 is 0 Å². The van der Waals surface area contributed by atoms with E-state index in [0.29, 0.717) is 6.42 Å². The number of primary amides is 1. The number of amides is 3. The summed E-state index contributed by atoms with van der Waals surface area (Å²) >= 11 is 0.